The fourth-order valence-electron chi connectivity index (χ4n) is 2.42. The van der Waals surface area contributed by atoms with Crippen LogP contribution in [-0.2, 0) is 4.79 Å². The van der Waals surface area contributed by atoms with Crippen LogP contribution in [0.1, 0.15) is 52.4 Å². The van der Waals surface area contributed by atoms with Crippen molar-refractivity contribution in [3.63, 3.8) is 0 Å². The molecule has 1 fully saturated rings. The number of carbonyl (C=O) groups is 1. The Kier molecular flexibility index (Phi) is 6.09. The van der Waals surface area contributed by atoms with Crippen molar-refractivity contribution >= 4 is 5.97 Å². The van der Waals surface area contributed by atoms with Crippen molar-refractivity contribution in [2.45, 2.75) is 64.0 Å². The minimum absolute atomic E-state index is 0.648. The summed E-state index contributed by atoms with van der Waals surface area (Å²) in [6, 6.07) is 0.759. The second-order valence-electron chi connectivity index (χ2n) is 5.48. The second kappa shape index (κ2) is 7.10. The summed E-state index contributed by atoms with van der Waals surface area (Å²) in [4.78, 5) is 13.9. The maximum absolute atomic E-state index is 11.5. The third-order valence-electron chi connectivity index (χ3n) is 4.01. The molecule has 2 N–H and O–H groups in total. The highest BCUT2D eigenvalue weighted by Gasteiger charge is 2.35. The molecule has 0 radical (unpaired) electrons. The fraction of sp³-hybridized carbons (Fsp3) is 0.929. The normalized spacial score (nSPS) is 18.9. The molecule has 0 aromatic heterocycles. The summed E-state index contributed by atoms with van der Waals surface area (Å²) in [6.07, 6.45) is 5.90. The van der Waals surface area contributed by atoms with Crippen molar-refractivity contribution in [2.24, 2.45) is 0 Å². The summed E-state index contributed by atoms with van der Waals surface area (Å²) in [5.74, 6) is -0.701. The molecule has 0 amide bonds. The lowest BCUT2D eigenvalue weighted by Gasteiger charge is -2.30. The molecule has 4 heteroatoms. The van der Waals surface area contributed by atoms with Gasteiger partial charge in [0.2, 0.25) is 0 Å². The lowest BCUT2D eigenvalue weighted by Crippen LogP contribution is -2.52. The molecule has 0 bridgehead atoms. The predicted octanol–water partition coefficient (Wildman–Crippen LogP) is 2.09. The number of aliphatic carboxylic acids is 1. The van der Waals surface area contributed by atoms with Gasteiger partial charge >= 0.3 is 5.97 Å². The van der Waals surface area contributed by atoms with Crippen LogP contribution in [0.3, 0.4) is 0 Å². The molecule has 18 heavy (non-hydrogen) atoms. The van der Waals surface area contributed by atoms with Gasteiger partial charge in [-0.15, -0.1) is 0 Å². The van der Waals surface area contributed by atoms with E-state index in [9.17, 15) is 9.90 Å². The molecule has 0 aliphatic heterocycles. The smallest absolute Gasteiger partial charge is 0.323 e. The van der Waals surface area contributed by atoms with Gasteiger partial charge in [-0.3, -0.25) is 4.79 Å². The summed E-state index contributed by atoms with van der Waals surface area (Å²) < 4.78 is 0. The molecule has 1 unspecified atom stereocenters. The molecule has 1 aliphatic carbocycles. The van der Waals surface area contributed by atoms with Crippen LogP contribution in [0.15, 0.2) is 0 Å². The molecule has 0 saturated heterocycles. The van der Waals surface area contributed by atoms with E-state index in [-0.39, 0.29) is 0 Å². The van der Waals surface area contributed by atoms with Gasteiger partial charge in [0, 0.05) is 6.04 Å². The molecule has 0 heterocycles. The highest BCUT2D eigenvalue weighted by atomic mass is 16.4. The average Bonchev–Trinajstić information content (AvgIpc) is 3.17. The summed E-state index contributed by atoms with van der Waals surface area (Å²) in [7, 11) is 2.14. The van der Waals surface area contributed by atoms with E-state index in [2.05, 4.69) is 24.2 Å². The highest BCUT2D eigenvalue weighted by molar-refractivity contribution is 5.78. The summed E-state index contributed by atoms with van der Waals surface area (Å²) in [6.45, 7) is 5.81. The van der Waals surface area contributed by atoms with E-state index in [0.717, 1.165) is 38.4 Å². The lowest BCUT2D eigenvalue weighted by atomic mass is 9.90. The number of rotatable bonds is 10. The van der Waals surface area contributed by atoms with Gasteiger partial charge in [-0.05, 0) is 58.7 Å². The van der Waals surface area contributed by atoms with E-state index in [1.54, 1.807) is 0 Å². The molecule has 0 aromatic carbocycles. The minimum Gasteiger partial charge on any atom is -0.480 e. The van der Waals surface area contributed by atoms with E-state index in [1.165, 1.54) is 12.8 Å². The molecular weight excluding hydrogens is 228 g/mol. The minimum atomic E-state index is -0.722. The van der Waals surface area contributed by atoms with Crippen LogP contribution in [-0.4, -0.2) is 47.7 Å². The van der Waals surface area contributed by atoms with Crippen molar-refractivity contribution in [1.82, 2.24) is 10.2 Å². The van der Waals surface area contributed by atoms with Crippen LogP contribution < -0.4 is 5.32 Å². The zero-order chi connectivity index (χ0) is 13.6. The third-order valence-corrected chi connectivity index (χ3v) is 4.01. The molecular formula is C14H28N2O2. The van der Waals surface area contributed by atoms with Crippen LogP contribution in [0.5, 0.6) is 0 Å². The van der Waals surface area contributed by atoms with Gasteiger partial charge in [0.25, 0.3) is 0 Å². The van der Waals surface area contributed by atoms with Gasteiger partial charge in [0.15, 0.2) is 0 Å². The summed E-state index contributed by atoms with van der Waals surface area (Å²) >= 11 is 0. The van der Waals surface area contributed by atoms with Crippen LogP contribution in [0.2, 0.25) is 0 Å². The summed E-state index contributed by atoms with van der Waals surface area (Å²) in [5, 5.41) is 12.7. The Morgan fingerprint density at radius 2 is 2.11 bits per heavy atom. The van der Waals surface area contributed by atoms with Crippen LogP contribution in [0.25, 0.3) is 0 Å². The standard InChI is InChI=1S/C14H28N2O2/c1-4-10-15-14(5-2,13(17)18)9-6-11-16(3)12-7-8-12/h12,15H,4-11H2,1-3H3,(H,17,18). The number of hydrogen-bond donors (Lipinski definition) is 2. The zero-order valence-electron chi connectivity index (χ0n) is 12.0. The lowest BCUT2D eigenvalue weighted by molar-refractivity contribution is -0.145. The molecule has 1 atom stereocenters. The maximum Gasteiger partial charge on any atom is 0.323 e. The second-order valence-corrected chi connectivity index (χ2v) is 5.48. The largest absolute Gasteiger partial charge is 0.480 e. The van der Waals surface area contributed by atoms with Gasteiger partial charge < -0.3 is 15.3 Å². The highest BCUT2D eigenvalue weighted by Crippen LogP contribution is 2.26. The Bertz CT molecular complexity index is 267. The fourth-order valence-corrected chi connectivity index (χ4v) is 2.42. The van der Waals surface area contributed by atoms with Crippen molar-refractivity contribution in [3.05, 3.63) is 0 Å². The molecule has 106 valence electrons. The van der Waals surface area contributed by atoms with Crippen LogP contribution in [0.4, 0.5) is 0 Å². The Labute approximate surface area is 111 Å². The molecule has 0 aromatic rings. The molecule has 1 rings (SSSR count). The maximum atomic E-state index is 11.5. The first-order chi connectivity index (χ1) is 8.55. The van der Waals surface area contributed by atoms with Gasteiger partial charge in [0.05, 0.1) is 0 Å². The first kappa shape index (κ1) is 15.4. The third kappa shape index (κ3) is 4.25. The van der Waals surface area contributed by atoms with Gasteiger partial charge in [-0.25, -0.2) is 0 Å². The van der Waals surface area contributed by atoms with Crippen molar-refractivity contribution in [2.75, 3.05) is 20.1 Å². The van der Waals surface area contributed by atoms with E-state index in [0.29, 0.717) is 6.42 Å². The molecule has 4 nitrogen and oxygen atoms in total. The van der Waals surface area contributed by atoms with Crippen LogP contribution >= 0.6 is 0 Å². The Hall–Kier alpha value is -0.610. The molecule has 1 saturated carbocycles. The van der Waals surface area contributed by atoms with Crippen molar-refractivity contribution < 1.29 is 9.90 Å². The first-order valence-corrected chi connectivity index (χ1v) is 7.24. The van der Waals surface area contributed by atoms with Gasteiger partial charge in [0.1, 0.15) is 5.54 Å². The number of carboxylic acid groups (broad SMARTS) is 1. The van der Waals surface area contributed by atoms with Crippen molar-refractivity contribution in [3.8, 4) is 0 Å². The SMILES string of the molecule is CCCNC(CC)(CCCN(C)C1CC1)C(=O)O. The van der Waals surface area contributed by atoms with E-state index in [1.807, 2.05) is 6.92 Å². The monoisotopic (exact) mass is 256 g/mol. The number of nitrogens with zero attached hydrogens (tertiary/aromatic N) is 1. The quantitative estimate of drug-likeness (QED) is 0.628. The van der Waals surface area contributed by atoms with Gasteiger partial charge in [-0.1, -0.05) is 13.8 Å². The number of hydrogen-bond acceptors (Lipinski definition) is 3. The Morgan fingerprint density at radius 1 is 1.44 bits per heavy atom. The van der Waals surface area contributed by atoms with Gasteiger partial charge in [-0.2, -0.15) is 0 Å². The average molecular weight is 256 g/mol. The number of carboxylic acids is 1. The van der Waals surface area contributed by atoms with E-state index in [4.69, 9.17) is 0 Å². The van der Waals surface area contributed by atoms with E-state index >= 15 is 0 Å². The number of nitrogens with one attached hydrogen (secondary N) is 1. The zero-order valence-corrected chi connectivity index (χ0v) is 12.0. The molecule has 0 spiro atoms. The topological polar surface area (TPSA) is 52.6 Å². The molecule has 1 aliphatic rings. The van der Waals surface area contributed by atoms with Crippen molar-refractivity contribution in [1.29, 1.82) is 0 Å². The first-order valence-electron chi connectivity index (χ1n) is 7.24. The predicted molar refractivity (Wildman–Crippen MR) is 73.8 cm³/mol. The van der Waals surface area contributed by atoms with Crippen LogP contribution in [0, 0.1) is 0 Å². The van der Waals surface area contributed by atoms with E-state index < -0.39 is 11.5 Å². The Balaban J connectivity index is 2.40. The summed E-state index contributed by atoms with van der Waals surface area (Å²) in [5.41, 5.74) is -0.722. The Morgan fingerprint density at radius 3 is 2.56 bits per heavy atom.